The number of fused-ring (bicyclic) bond motifs is 1. The third kappa shape index (κ3) is 9.97. The molecule has 1 aliphatic rings. The summed E-state index contributed by atoms with van der Waals surface area (Å²) in [5, 5.41) is 33.9. The number of carbonyl (C=O) groups is 3. The highest BCUT2D eigenvalue weighted by atomic mass is 32.2. The predicted molar refractivity (Wildman–Crippen MR) is 200 cm³/mol. The Morgan fingerprint density at radius 1 is 1.00 bits per heavy atom. The van der Waals surface area contributed by atoms with Crippen molar-refractivity contribution in [2.75, 3.05) is 24.3 Å². The van der Waals surface area contributed by atoms with E-state index >= 15 is 0 Å². The van der Waals surface area contributed by atoms with E-state index in [1.54, 1.807) is 6.07 Å². The van der Waals surface area contributed by atoms with Crippen molar-refractivity contribution in [3.05, 3.63) is 72.3 Å². The molecule has 1 heterocycles. The Balaban J connectivity index is 1.69. The number of benzene rings is 3. The number of aliphatic hydroxyl groups is 1. The van der Waals surface area contributed by atoms with Gasteiger partial charge in [-0.25, -0.2) is 17.9 Å². The zero-order valence-electron chi connectivity index (χ0n) is 29.8. The van der Waals surface area contributed by atoms with Crippen LogP contribution >= 0.6 is 11.8 Å². The van der Waals surface area contributed by atoms with Crippen molar-refractivity contribution < 1.29 is 42.9 Å². The van der Waals surface area contributed by atoms with Crippen LogP contribution in [0, 0.1) is 0 Å². The smallest absolute Gasteiger partial charge is 0.328 e. The van der Waals surface area contributed by atoms with Gasteiger partial charge in [-0.05, 0) is 61.9 Å². The van der Waals surface area contributed by atoms with E-state index < -0.39 is 58.1 Å². The molecule has 4 rings (SSSR count). The molecule has 0 aromatic heterocycles. The van der Waals surface area contributed by atoms with Gasteiger partial charge in [-0.1, -0.05) is 69.9 Å². The van der Waals surface area contributed by atoms with Gasteiger partial charge >= 0.3 is 5.97 Å². The van der Waals surface area contributed by atoms with Crippen molar-refractivity contribution in [1.29, 1.82) is 0 Å². The number of rotatable bonds is 17. The Kier molecular flexibility index (Phi) is 14.0. The Hall–Kier alpha value is -4.31. The van der Waals surface area contributed by atoms with E-state index in [1.165, 1.54) is 49.0 Å². The average Bonchev–Trinajstić information content (AvgIpc) is 3.21. The molecule has 52 heavy (non-hydrogen) atoms. The number of aliphatic hydroxyl groups excluding tert-OH is 1. The molecule has 1 aliphatic heterocycles. The van der Waals surface area contributed by atoms with E-state index in [-0.39, 0.29) is 22.0 Å². The molecule has 0 radical (unpaired) electrons. The van der Waals surface area contributed by atoms with Gasteiger partial charge in [0.05, 0.1) is 22.2 Å². The molecule has 0 saturated carbocycles. The number of carbonyl (C=O) groups excluding carboxylic acids is 2. The van der Waals surface area contributed by atoms with E-state index in [0.717, 1.165) is 31.4 Å². The minimum absolute atomic E-state index is 0.00128. The molecule has 13 nitrogen and oxygen atoms in total. The highest BCUT2D eigenvalue weighted by Crippen LogP contribution is 2.44. The van der Waals surface area contributed by atoms with Crippen molar-refractivity contribution in [3.8, 4) is 11.5 Å². The number of carboxylic acids is 1. The van der Waals surface area contributed by atoms with Gasteiger partial charge in [-0.2, -0.15) is 0 Å². The molecule has 1 unspecified atom stereocenters. The van der Waals surface area contributed by atoms with Gasteiger partial charge < -0.3 is 35.6 Å². The van der Waals surface area contributed by atoms with E-state index in [0.29, 0.717) is 30.0 Å². The van der Waals surface area contributed by atoms with Crippen LogP contribution in [0.3, 0.4) is 0 Å². The lowest BCUT2D eigenvalue weighted by molar-refractivity contribution is -0.145. The zero-order chi connectivity index (χ0) is 38.1. The topological polar surface area (TPSA) is 195 Å². The standard InChI is InChI=1S/C37H48N4O9S2/c1-5-7-18-37(19-8-6-2)23-41(26-12-10-9-11-13-26)28-20-30(51-4)29(21-31(28)52(48,49)40-37)50-22-32(44)38-34(25-14-16-27(43)17-15-25)35(45)39-33(24(3)42)36(46)47/h9-17,20-21,24,33-34,40,42-43H,5-8,18-19,22-23H2,1-4H3,(H,38,44)(H,39,45)(H,46,47)/t24-,33-,34?/m1/s1. The lowest BCUT2D eigenvalue weighted by atomic mass is 9.87. The first kappa shape index (κ1) is 40.5. The third-order valence-corrected chi connectivity index (χ3v) is 11.3. The molecule has 3 atom stereocenters. The van der Waals surface area contributed by atoms with E-state index in [1.807, 2.05) is 41.5 Å². The average molecular weight is 757 g/mol. The third-order valence-electron chi connectivity index (χ3n) is 8.92. The second-order valence-electron chi connectivity index (χ2n) is 12.9. The van der Waals surface area contributed by atoms with Crippen LogP contribution in [0.2, 0.25) is 0 Å². The number of carboxylic acid groups (broad SMARTS) is 1. The number of sulfonamides is 1. The fourth-order valence-corrected chi connectivity index (χ4v) is 8.39. The molecule has 3 aromatic carbocycles. The number of hydrogen-bond donors (Lipinski definition) is 6. The Labute approximate surface area is 309 Å². The quantitative estimate of drug-likeness (QED) is 0.103. The molecule has 0 fully saturated rings. The second kappa shape index (κ2) is 17.9. The highest BCUT2D eigenvalue weighted by Gasteiger charge is 2.42. The fourth-order valence-electron chi connectivity index (χ4n) is 6.18. The van der Waals surface area contributed by atoms with Gasteiger partial charge in [0.2, 0.25) is 15.9 Å². The van der Waals surface area contributed by atoms with E-state index in [9.17, 15) is 38.1 Å². The molecule has 6 N–H and O–H groups in total. The maximum atomic E-state index is 14.3. The summed E-state index contributed by atoms with van der Waals surface area (Å²) in [6.45, 7) is 5.15. The van der Waals surface area contributed by atoms with Crippen molar-refractivity contribution in [2.24, 2.45) is 0 Å². The van der Waals surface area contributed by atoms with Gasteiger partial charge in [0.25, 0.3) is 5.91 Å². The van der Waals surface area contributed by atoms with E-state index in [4.69, 9.17) is 4.74 Å². The lowest BCUT2D eigenvalue weighted by Gasteiger charge is -2.37. The predicted octanol–water partition coefficient (Wildman–Crippen LogP) is 4.85. The SMILES string of the molecule is CCCCC1(CCCC)CN(c2ccccc2)c2cc(SC)c(OCC(=O)NC(C(=O)N[C@@H](C(=O)O)[C@@H](C)O)c3ccc(O)cc3)cc2S(=O)(=O)N1. The normalized spacial score (nSPS) is 16.4. The summed E-state index contributed by atoms with van der Waals surface area (Å²) >= 11 is 1.32. The molecular weight excluding hydrogens is 709 g/mol. The Bertz CT molecular complexity index is 1800. The number of anilines is 2. The summed E-state index contributed by atoms with van der Waals surface area (Å²) in [6.07, 6.45) is 5.16. The van der Waals surface area contributed by atoms with E-state index in [2.05, 4.69) is 29.2 Å². The van der Waals surface area contributed by atoms with Gasteiger partial charge in [0, 0.05) is 18.3 Å². The van der Waals surface area contributed by atoms with Crippen LogP contribution < -0.4 is 25.0 Å². The summed E-state index contributed by atoms with van der Waals surface area (Å²) < 4.78 is 37.6. The van der Waals surface area contributed by atoms with Crippen LogP contribution in [0.25, 0.3) is 0 Å². The molecule has 3 aromatic rings. The van der Waals surface area contributed by atoms with Crippen LogP contribution in [0.15, 0.2) is 76.5 Å². The number of hydrogen-bond acceptors (Lipinski definition) is 10. The molecular formula is C37H48N4O9S2. The first-order chi connectivity index (χ1) is 24.7. The Morgan fingerprint density at radius 3 is 2.19 bits per heavy atom. The molecule has 0 spiro atoms. The molecule has 15 heteroatoms. The largest absolute Gasteiger partial charge is 0.508 e. The van der Waals surface area contributed by atoms with Crippen LogP contribution in [-0.2, 0) is 24.4 Å². The number of phenols is 1. The van der Waals surface area contributed by atoms with Crippen molar-refractivity contribution in [3.63, 3.8) is 0 Å². The minimum atomic E-state index is -4.09. The van der Waals surface area contributed by atoms with Crippen molar-refractivity contribution in [2.45, 2.75) is 92.8 Å². The van der Waals surface area contributed by atoms with Crippen molar-refractivity contribution >= 4 is 50.9 Å². The summed E-state index contributed by atoms with van der Waals surface area (Å²) in [5.41, 5.74) is 0.794. The number of amides is 2. The zero-order valence-corrected chi connectivity index (χ0v) is 31.4. The second-order valence-corrected chi connectivity index (χ2v) is 15.4. The number of ether oxygens (including phenoxy) is 1. The van der Waals surface area contributed by atoms with Gasteiger partial charge in [-0.15, -0.1) is 11.8 Å². The maximum absolute atomic E-state index is 14.3. The van der Waals surface area contributed by atoms with Crippen LogP contribution in [-0.4, -0.2) is 78.6 Å². The summed E-state index contributed by atoms with van der Waals surface area (Å²) in [5.74, 6) is -3.13. The number of nitrogens with zero attached hydrogens (tertiary/aromatic N) is 1. The maximum Gasteiger partial charge on any atom is 0.328 e. The minimum Gasteiger partial charge on any atom is -0.508 e. The van der Waals surface area contributed by atoms with Crippen LogP contribution in [0.4, 0.5) is 11.4 Å². The first-order valence-corrected chi connectivity index (χ1v) is 20.0. The fraction of sp³-hybridized carbons (Fsp3) is 0.432. The highest BCUT2D eigenvalue weighted by molar-refractivity contribution is 7.98. The molecule has 0 saturated heterocycles. The monoisotopic (exact) mass is 756 g/mol. The number of aliphatic carboxylic acids is 1. The first-order valence-electron chi connectivity index (χ1n) is 17.2. The summed E-state index contributed by atoms with van der Waals surface area (Å²) in [6, 6.07) is 15.1. The molecule has 0 bridgehead atoms. The number of phenolic OH excluding ortho intramolecular Hbond substituents is 1. The number of nitrogens with one attached hydrogen (secondary N) is 3. The van der Waals surface area contributed by atoms with Crippen LogP contribution in [0.1, 0.15) is 70.9 Å². The summed E-state index contributed by atoms with van der Waals surface area (Å²) in [4.78, 5) is 40.9. The molecule has 0 aliphatic carbocycles. The lowest BCUT2D eigenvalue weighted by Crippen LogP contribution is -2.53. The van der Waals surface area contributed by atoms with Gasteiger partial charge in [0.15, 0.2) is 12.6 Å². The number of thioether (sulfide) groups is 1. The number of aromatic hydroxyl groups is 1. The van der Waals surface area contributed by atoms with Crippen LogP contribution in [0.5, 0.6) is 11.5 Å². The van der Waals surface area contributed by atoms with Gasteiger partial charge in [-0.3, -0.25) is 9.59 Å². The molecule has 2 amide bonds. The summed E-state index contributed by atoms with van der Waals surface area (Å²) in [7, 11) is -4.09. The number of para-hydroxylation sites is 1. The number of unbranched alkanes of at least 4 members (excludes halogenated alkanes) is 2. The van der Waals surface area contributed by atoms with Crippen molar-refractivity contribution in [1.82, 2.24) is 15.4 Å². The van der Waals surface area contributed by atoms with Gasteiger partial charge in [0.1, 0.15) is 22.4 Å². The molecule has 282 valence electrons. The Morgan fingerprint density at radius 2 is 1.63 bits per heavy atom.